The Bertz CT molecular complexity index is 550. The second-order valence-electron chi connectivity index (χ2n) is 4.94. The van der Waals surface area contributed by atoms with Gasteiger partial charge in [-0.05, 0) is 24.1 Å². The van der Waals surface area contributed by atoms with Crippen LogP contribution in [0.2, 0.25) is 5.02 Å². The predicted molar refractivity (Wildman–Crippen MR) is 75.8 cm³/mol. The maximum absolute atomic E-state index is 13.6. The zero-order valence-corrected chi connectivity index (χ0v) is 11.2. The fourth-order valence-corrected chi connectivity index (χ4v) is 2.65. The van der Waals surface area contributed by atoms with E-state index in [2.05, 4.69) is 29.6 Å². The van der Waals surface area contributed by atoms with Crippen LogP contribution in [0.5, 0.6) is 0 Å². The van der Waals surface area contributed by atoms with Gasteiger partial charge in [-0.2, -0.15) is 0 Å². The predicted octanol–water partition coefficient (Wildman–Crippen LogP) is 4.12. The van der Waals surface area contributed by atoms with Crippen molar-refractivity contribution >= 4 is 11.6 Å². The number of hydrogen-bond acceptors (Lipinski definition) is 1. The Morgan fingerprint density at radius 2 is 1.89 bits per heavy atom. The Hall–Kier alpha value is -1.38. The highest BCUT2D eigenvalue weighted by atomic mass is 35.5. The van der Waals surface area contributed by atoms with Crippen LogP contribution in [0.3, 0.4) is 0 Å². The summed E-state index contributed by atoms with van der Waals surface area (Å²) in [6, 6.07) is 15.6. The summed E-state index contributed by atoms with van der Waals surface area (Å²) in [6.45, 7) is 0.486. The van der Waals surface area contributed by atoms with Gasteiger partial charge in [0.25, 0.3) is 0 Å². The molecule has 0 saturated heterocycles. The maximum atomic E-state index is 13.6. The van der Waals surface area contributed by atoms with Gasteiger partial charge in [0.15, 0.2) is 0 Å². The Morgan fingerprint density at radius 3 is 2.63 bits per heavy atom. The summed E-state index contributed by atoms with van der Waals surface area (Å²) < 4.78 is 13.6. The second kappa shape index (κ2) is 5.32. The SMILES string of the molecule is Fc1cccc(Cl)c1CNC1CC1c1ccccc1. The van der Waals surface area contributed by atoms with E-state index in [4.69, 9.17) is 11.6 Å². The van der Waals surface area contributed by atoms with Crippen LogP contribution in [0.4, 0.5) is 4.39 Å². The van der Waals surface area contributed by atoms with Crippen LogP contribution in [0, 0.1) is 5.82 Å². The number of halogens is 2. The molecule has 3 heteroatoms. The Labute approximate surface area is 117 Å². The summed E-state index contributed by atoms with van der Waals surface area (Å²) in [6.07, 6.45) is 1.11. The minimum absolute atomic E-state index is 0.239. The van der Waals surface area contributed by atoms with Gasteiger partial charge in [-0.15, -0.1) is 0 Å². The maximum Gasteiger partial charge on any atom is 0.129 e. The van der Waals surface area contributed by atoms with E-state index in [1.54, 1.807) is 12.1 Å². The van der Waals surface area contributed by atoms with Crippen LogP contribution in [-0.2, 0) is 6.54 Å². The first-order chi connectivity index (χ1) is 9.25. The molecule has 98 valence electrons. The van der Waals surface area contributed by atoms with E-state index in [9.17, 15) is 4.39 Å². The topological polar surface area (TPSA) is 12.0 Å². The average molecular weight is 276 g/mol. The summed E-state index contributed by atoms with van der Waals surface area (Å²) in [5, 5.41) is 3.87. The van der Waals surface area contributed by atoms with Crippen molar-refractivity contribution in [2.24, 2.45) is 0 Å². The molecule has 0 radical (unpaired) electrons. The number of rotatable bonds is 4. The molecule has 0 amide bonds. The minimum Gasteiger partial charge on any atom is -0.309 e. The molecule has 0 aromatic heterocycles. The van der Waals surface area contributed by atoms with Gasteiger partial charge in [0.05, 0.1) is 0 Å². The first-order valence-corrected chi connectivity index (χ1v) is 6.84. The van der Waals surface area contributed by atoms with Gasteiger partial charge in [0.2, 0.25) is 0 Å². The lowest BCUT2D eigenvalue weighted by atomic mass is 10.1. The third-order valence-corrected chi connectivity index (χ3v) is 3.97. The van der Waals surface area contributed by atoms with E-state index in [-0.39, 0.29) is 5.82 Å². The fraction of sp³-hybridized carbons (Fsp3) is 0.250. The summed E-state index contributed by atoms with van der Waals surface area (Å²) in [5.41, 5.74) is 1.91. The third kappa shape index (κ3) is 2.80. The quantitative estimate of drug-likeness (QED) is 0.885. The molecular weight excluding hydrogens is 261 g/mol. The Balaban J connectivity index is 1.60. The molecule has 19 heavy (non-hydrogen) atoms. The van der Waals surface area contributed by atoms with E-state index in [1.165, 1.54) is 11.6 Å². The van der Waals surface area contributed by atoms with Crippen molar-refractivity contribution in [1.29, 1.82) is 0 Å². The first kappa shape index (κ1) is 12.6. The highest BCUT2D eigenvalue weighted by Gasteiger charge is 2.37. The van der Waals surface area contributed by atoms with E-state index in [0.29, 0.717) is 29.1 Å². The van der Waals surface area contributed by atoms with E-state index >= 15 is 0 Å². The first-order valence-electron chi connectivity index (χ1n) is 6.47. The summed E-state index contributed by atoms with van der Waals surface area (Å²) in [5.74, 6) is 0.309. The van der Waals surface area contributed by atoms with Gasteiger partial charge in [-0.3, -0.25) is 0 Å². The van der Waals surface area contributed by atoms with Gasteiger partial charge < -0.3 is 5.32 Å². The molecule has 2 atom stereocenters. The molecule has 2 aromatic carbocycles. The van der Waals surface area contributed by atoms with Crippen LogP contribution in [0.15, 0.2) is 48.5 Å². The van der Waals surface area contributed by atoms with Crippen molar-refractivity contribution in [2.75, 3.05) is 0 Å². The monoisotopic (exact) mass is 275 g/mol. The number of hydrogen-bond donors (Lipinski definition) is 1. The third-order valence-electron chi connectivity index (χ3n) is 3.62. The van der Waals surface area contributed by atoms with Crippen molar-refractivity contribution in [3.05, 3.63) is 70.5 Å². The minimum atomic E-state index is -0.239. The molecule has 1 N–H and O–H groups in total. The van der Waals surface area contributed by atoms with Crippen molar-refractivity contribution in [3.8, 4) is 0 Å². The molecule has 0 bridgehead atoms. The van der Waals surface area contributed by atoms with Crippen LogP contribution in [-0.4, -0.2) is 6.04 Å². The zero-order chi connectivity index (χ0) is 13.2. The van der Waals surface area contributed by atoms with E-state index in [1.807, 2.05) is 6.07 Å². The smallest absolute Gasteiger partial charge is 0.129 e. The summed E-state index contributed by atoms with van der Waals surface area (Å²) in [7, 11) is 0. The van der Waals surface area contributed by atoms with Gasteiger partial charge in [-0.25, -0.2) is 4.39 Å². The van der Waals surface area contributed by atoms with Crippen LogP contribution in [0.25, 0.3) is 0 Å². The Morgan fingerprint density at radius 1 is 1.11 bits per heavy atom. The number of benzene rings is 2. The lowest BCUT2D eigenvalue weighted by Crippen LogP contribution is -2.18. The highest BCUT2D eigenvalue weighted by Crippen LogP contribution is 2.40. The fourth-order valence-electron chi connectivity index (χ4n) is 2.42. The van der Waals surface area contributed by atoms with Gasteiger partial charge in [-0.1, -0.05) is 48.0 Å². The van der Waals surface area contributed by atoms with E-state index in [0.717, 1.165) is 6.42 Å². The zero-order valence-electron chi connectivity index (χ0n) is 10.4. The molecule has 1 saturated carbocycles. The molecule has 1 nitrogen and oxygen atoms in total. The average Bonchev–Trinajstić information content (AvgIpc) is 3.19. The normalized spacial score (nSPS) is 21.4. The van der Waals surface area contributed by atoms with Crippen molar-refractivity contribution in [3.63, 3.8) is 0 Å². The van der Waals surface area contributed by atoms with Crippen LogP contribution in [0.1, 0.15) is 23.5 Å². The molecule has 2 unspecified atom stereocenters. The molecule has 1 aliphatic rings. The molecule has 1 fully saturated rings. The molecule has 0 spiro atoms. The Kier molecular flexibility index (Phi) is 3.54. The van der Waals surface area contributed by atoms with Gasteiger partial charge >= 0.3 is 0 Å². The standard InChI is InChI=1S/C16H15ClFN/c17-14-7-4-8-15(18)13(14)10-19-16-9-12(16)11-5-2-1-3-6-11/h1-8,12,16,19H,9-10H2. The molecule has 0 aliphatic heterocycles. The van der Waals surface area contributed by atoms with Crippen LogP contribution >= 0.6 is 11.6 Å². The highest BCUT2D eigenvalue weighted by molar-refractivity contribution is 6.31. The summed E-state index contributed by atoms with van der Waals surface area (Å²) >= 11 is 6.01. The largest absolute Gasteiger partial charge is 0.309 e. The lowest BCUT2D eigenvalue weighted by Gasteiger charge is -2.07. The molecule has 3 rings (SSSR count). The number of nitrogens with one attached hydrogen (secondary N) is 1. The lowest BCUT2D eigenvalue weighted by molar-refractivity contribution is 0.584. The molecule has 0 heterocycles. The van der Waals surface area contributed by atoms with Crippen molar-refractivity contribution in [1.82, 2.24) is 5.32 Å². The van der Waals surface area contributed by atoms with Crippen molar-refractivity contribution < 1.29 is 4.39 Å². The summed E-state index contributed by atoms with van der Waals surface area (Å²) in [4.78, 5) is 0. The van der Waals surface area contributed by atoms with E-state index < -0.39 is 0 Å². The van der Waals surface area contributed by atoms with Crippen LogP contribution < -0.4 is 5.32 Å². The molecule has 1 aliphatic carbocycles. The molecular formula is C16H15ClFN. The van der Waals surface area contributed by atoms with Gasteiger partial charge in [0, 0.05) is 29.1 Å². The molecule has 2 aromatic rings. The second-order valence-corrected chi connectivity index (χ2v) is 5.35. The van der Waals surface area contributed by atoms with Crippen molar-refractivity contribution in [2.45, 2.75) is 24.9 Å². The van der Waals surface area contributed by atoms with Gasteiger partial charge in [0.1, 0.15) is 5.82 Å².